The Morgan fingerprint density at radius 3 is 2.25 bits per heavy atom. The quantitative estimate of drug-likeness (QED) is 0.470. The van der Waals surface area contributed by atoms with E-state index in [4.69, 9.17) is 5.11 Å². The fourth-order valence-corrected chi connectivity index (χ4v) is 1.19. The van der Waals surface area contributed by atoms with Crippen LogP contribution >= 0.6 is 0 Å². The van der Waals surface area contributed by atoms with Gasteiger partial charge in [0, 0.05) is 12.1 Å². The van der Waals surface area contributed by atoms with Crippen LogP contribution in [-0.4, -0.2) is 23.3 Å². The molecule has 1 rings (SSSR count). The van der Waals surface area contributed by atoms with E-state index in [1.54, 1.807) is 0 Å². The van der Waals surface area contributed by atoms with E-state index in [9.17, 15) is 0 Å². The van der Waals surface area contributed by atoms with Crippen molar-refractivity contribution in [3.05, 3.63) is 0 Å². The molecule has 1 heterocycles. The van der Waals surface area contributed by atoms with Gasteiger partial charge in [-0.2, -0.15) is 0 Å². The second-order valence-corrected chi connectivity index (χ2v) is 2.66. The number of hydrogen-bond donors (Lipinski definition) is 2. The van der Waals surface area contributed by atoms with Gasteiger partial charge >= 0.3 is 0 Å². The third-order valence-electron chi connectivity index (χ3n) is 1.72. The molecule has 48 valence electrons. The summed E-state index contributed by atoms with van der Waals surface area (Å²) in [6, 6.07) is 0.796. The molecule has 8 heavy (non-hydrogen) atoms. The monoisotopic (exact) mass is 115 g/mol. The summed E-state index contributed by atoms with van der Waals surface area (Å²) in [5, 5.41) is 12.3. The molecule has 0 aromatic carbocycles. The average Bonchev–Trinajstić information content (AvgIpc) is 1.85. The van der Waals surface area contributed by atoms with Crippen LogP contribution in [0, 0.1) is 0 Å². The van der Waals surface area contributed by atoms with E-state index in [2.05, 4.69) is 12.2 Å². The summed E-state index contributed by atoms with van der Waals surface area (Å²) >= 11 is 0. The van der Waals surface area contributed by atoms with Crippen LogP contribution in [-0.2, 0) is 0 Å². The first-order valence-electron chi connectivity index (χ1n) is 3.14. The van der Waals surface area contributed by atoms with Crippen LogP contribution in [0.5, 0.6) is 0 Å². The number of rotatable bonds is 0. The lowest BCUT2D eigenvalue weighted by Gasteiger charge is -2.05. The van der Waals surface area contributed by atoms with E-state index in [1.165, 1.54) is 0 Å². The molecule has 0 aromatic heterocycles. The molecular weight excluding hydrogens is 102 g/mol. The van der Waals surface area contributed by atoms with Crippen LogP contribution in [0.4, 0.5) is 0 Å². The van der Waals surface area contributed by atoms with Gasteiger partial charge in [0.25, 0.3) is 0 Å². The predicted molar refractivity (Wildman–Crippen MR) is 32.7 cm³/mol. The maximum absolute atomic E-state index is 9.11. The summed E-state index contributed by atoms with van der Waals surface area (Å²) in [7, 11) is 0. The van der Waals surface area contributed by atoms with Gasteiger partial charge in [-0.05, 0) is 20.3 Å². The second kappa shape index (κ2) is 2.03. The molecule has 2 N–H and O–H groups in total. The normalized spacial score (nSPS) is 47.6. The average molecular weight is 115 g/mol. The molecule has 3 atom stereocenters. The first kappa shape index (κ1) is 6.05. The van der Waals surface area contributed by atoms with Gasteiger partial charge in [-0.15, -0.1) is 0 Å². The van der Waals surface area contributed by atoms with Crippen LogP contribution < -0.4 is 5.32 Å². The molecule has 0 bridgehead atoms. The number of nitrogens with one attached hydrogen (secondary N) is 1. The summed E-state index contributed by atoms with van der Waals surface area (Å²) in [5.74, 6) is 0. The first-order chi connectivity index (χ1) is 3.70. The first-order valence-corrected chi connectivity index (χ1v) is 3.14. The van der Waals surface area contributed by atoms with Gasteiger partial charge < -0.3 is 10.4 Å². The van der Waals surface area contributed by atoms with Crippen molar-refractivity contribution in [3.63, 3.8) is 0 Å². The van der Waals surface area contributed by atoms with Gasteiger partial charge in [0.05, 0.1) is 6.10 Å². The van der Waals surface area contributed by atoms with E-state index in [0.717, 1.165) is 6.42 Å². The van der Waals surface area contributed by atoms with Crippen molar-refractivity contribution in [2.45, 2.75) is 38.5 Å². The minimum atomic E-state index is -0.120. The zero-order chi connectivity index (χ0) is 6.15. The fourth-order valence-electron chi connectivity index (χ4n) is 1.19. The maximum Gasteiger partial charge on any atom is 0.0705 e. The summed E-state index contributed by atoms with van der Waals surface area (Å²) < 4.78 is 0. The van der Waals surface area contributed by atoms with Crippen LogP contribution in [0.1, 0.15) is 20.3 Å². The van der Waals surface area contributed by atoms with Crippen molar-refractivity contribution in [1.29, 1.82) is 0 Å². The van der Waals surface area contributed by atoms with E-state index in [0.29, 0.717) is 12.1 Å². The minimum absolute atomic E-state index is 0.120. The molecular formula is C6H13NO. The lowest BCUT2D eigenvalue weighted by molar-refractivity contribution is 0.165. The molecule has 0 saturated carbocycles. The molecule has 0 radical (unpaired) electrons. The number of aliphatic hydroxyl groups is 1. The van der Waals surface area contributed by atoms with Crippen LogP contribution in [0.3, 0.4) is 0 Å². The third kappa shape index (κ3) is 1.01. The molecule has 0 aliphatic carbocycles. The van der Waals surface area contributed by atoms with Crippen molar-refractivity contribution < 1.29 is 5.11 Å². The topological polar surface area (TPSA) is 32.3 Å². The third-order valence-corrected chi connectivity index (χ3v) is 1.72. The minimum Gasteiger partial charge on any atom is -0.391 e. The van der Waals surface area contributed by atoms with Gasteiger partial charge in [-0.3, -0.25) is 0 Å². The highest BCUT2D eigenvalue weighted by molar-refractivity contribution is 4.84. The molecule has 0 amide bonds. The fraction of sp³-hybridized carbons (Fsp3) is 1.00. The molecule has 1 saturated heterocycles. The Hall–Kier alpha value is -0.0800. The molecule has 2 heteroatoms. The predicted octanol–water partition coefficient (Wildman–Crippen LogP) is 0.118. The van der Waals surface area contributed by atoms with E-state index in [1.807, 2.05) is 6.92 Å². The van der Waals surface area contributed by atoms with Gasteiger partial charge in [0.1, 0.15) is 0 Å². The zero-order valence-corrected chi connectivity index (χ0v) is 5.39. The van der Waals surface area contributed by atoms with Crippen molar-refractivity contribution in [2.75, 3.05) is 0 Å². The van der Waals surface area contributed by atoms with Crippen molar-refractivity contribution in [1.82, 2.24) is 5.32 Å². The maximum atomic E-state index is 9.11. The van der Waals surface area contributed by atoms with Gasteiger partial charge in [-0.1, -0.05) is 0 Å². The number of hydrogen-bond acceptors (Lipinski definition) is 2. The van der Waals surface area contributed by atoms with E-state index >= 15 is 0 Å². The van der Waals surface area contributed by atoms with Gasteiger partial charge in [-0.25, -0.2) is 0 Å². The molecule has 1 aliphatic rings. The summed E-state index contributed by atoms with van der Waals surface area (Å²) in [5.41, 5.74) is 0. The van der Waals surface area contributed by atoms with E-state index in [-0.39, 0.29) is 6.10 Å². The Bertz CT molecular complexity index is 74.6. The SMILES string of the molecule is C[C@H]1C[C@@H](O)[C@@H](C)N1. The Morgan fingerprint density at radius 1 is 1.50 bits per heavy atom. The zero-order valence-electron chi connectivity index (χ0n) is 5.39. The lowest BCUT2D eigenvalue weighted by Crippen LogP contribution is -2.28. The highest BCUT2D eigenvalue weighted by atomic mass is 16.3. The molecule has 0 unspecified atom stereocenters. The van der Waals surface area contributed by atoms with Crippen molar-refractivity contribution in [2.24, 2.45) is 0 Å². The summed E-state index contributed by atoms with van der Waals surface area (Å²) in [6.45, 7) is 4.10. The Labute approximate surface area is 49.9 Å². The highest BCUT2D eigenvalue weighted by Crippen LogP contribution is 2.11. The molecule has 1 aliphatic heterocycles. The molecule has 0 aromatic rings. The second-order valence-electron chi connectivity index (χ2n) is 2.66. The number of aliphatic hydroxyl groups excluding tert-OH is 1. The largest absolute Gasteiger partial charge is 0.391 e. The molecule has 1 fully saturated rings. The van der Waals surface area contributed by atoms with Crippen molar-refractivity contribution in [3.8, 4) is 0 Å². The van der Waals surface area contributed by atoms with E-state index < -0.39 is 0 Å². The standard InChI is InChI=1S/C6H13NO/c1-4-3-6(8)5(2)7-4/h4-8H,3H2,1-2H3/t4-,5+,6+/m0/s1. The Morgan fingerprint density at radius 2 is 2.12 bits per heavy atom. The summed E-state index contributed by atoms with van der Waals surface area (Å²) in [4.78, 5) is 0. The highest BCUT2D eigenvalue weighted by Gasteiger charge is 2.25. The van der Waals surface area contributed by atoms with Crippen LogP contribution in [0.15, 0.2) is 0 Å². The van der Waals surface area contributed by atoms with Crippen LogP contribution in [0.2, 0.25) is 0 Å². The molecule has 2 nitrogen and oxygen atoms in total. The van der Waals surface area contributed by atoms with Crippen LogP contribution in [0.25, 0.3) is 0 Å². The summed E-state index contributed by atoms with van der Waals surface area (Å²) in [6.07, 6.45) is 0.784. The smallest absolute Gasteiger partial charge is 0.0705 e. The Balaban J connectivity index is 2.39. The Kier molecular flexibility index (Phi) is 1.54. The molecule has 0 spiro atoms. The lowest BCUT2D eigenvalue weighted by atomic mass is 10.2. The van der Waals surface area contributed by atoms with Crippen molar-refractivity contribution >= 4 is 0 Å². The van der Waals surface area contributed by atoms with Gasteiger partial charge in [0.2, 0.25) is 0 Å². The van der Waals surface area contributed by atoms with Gasteiger partial charge in [0.15, 0.2) is 0 Å².